The van der Waals surface area contributed by atoms with E-state index in [0.29, 0.717) is 0 Å². The second-order valence-electron chi connectivity index (χ2n) is 5.53. The number of anilines is 2. The molecule has 138 valence electrons. The van der Waals surface area contributed by atoms with Gasteiger partial charge in [0.15, 0.2) is 6.61 Å². The highest BCUT2D eigenvalue weighted by Crippen LogP contribution is 2.35. The number of benzene rings is 2. The quantitative estimate of drug-likeness (QED) is 0.623. The molecule has 1 aliphatic heterocycles. The van der Waals surface area contributed by atoms with Gasteiger partial charge in [-0.05, 0) is 12.1 Å². The molecule has 0 atom stereocenters. The number of nitro groups is 2. The van der Waals surface area contributed by atoms with Crippen molar-refractivity contribution in [1.82, 2.24) is 0 Å². The summed E-state index contributed by atoms with van der Waals surface area (Å²) in [5.74, 6) is -0.927. The zero-order valence-corrected chi connectivity index (χ0v) is 13.7. The third-order valence-corrected chi connectivity index (χ3v) is 3.74. The molecule has 0 saturated carbocycles. The van der Waals surface area contributed by atoms with E-state index in [1.54, 1.807) is 0 Å². The Balaban J connectivity index is 1.81. The number of nitrogens with one attached hydrogen (secondary N) is 1. The highest BCUT2D eigenvalue weighted by atomic mass is 16.6. The zero-order chi connectivity index (χ0) is 19.6. The predicted octanol–water partition coefficient (Wildman–Crippen LogP) is 1.87. The maximum atomic E-state index is 12.3. The number of fused-ring (bicyclic) bond motifs is 1. The van der Waals surface area contributed by atoms with Crippen LogP contribution >= 0.6 is 0 Å². The van der Waals surface area contributed by atoms with Crippen molar-refractivity contribution in [2.24, 2.45) is 0 Å². The second-order valence-corrected chi connectivity index (χ2v) is 5.53. The van der Waals surface area contributed by atoms with Crippen molar-refractivity contribution in [3.05, 3.63) is 62.7 Å². The molecule has 0 unspecified atom stereocenters. The van der Waals surface area contributed by atoms with Crippen molar-refractivity contribution in [2.75, 3.05) is 23.4 Å². The lowest BCUT2D eigenvalue weighted by atomic mass is 10.2. The Labute approximate surface area is 151 Å². The number of carbonyl (C=O) groups excluding carboxylic acids is 2. The van der Waals surface area contributed by atoms with E-state index >= 15 is 0 Å². The number of hydrogen-bond donors (Lipinski definition) is 1. The van der Waals surface area contributed by atoms with Crippen LogP contribution in [0.1, 0.15) is 0 Å². The van der Waals surface area contributed by atoms with E-state index in [0.717, 1.165) is 11.0 Å². The van der Waals surface area contributed by atoms with Crippen LogP contribution < -0.4 is 15.0 Å². The van der Waals surface area contributed by atoms with Crippen molar-refractivity contribution in [3.8, 4) is 5.75 Å². The zero-order valence-electron chi connectivity index (χ0n) is 13.7. The molecule has 1 aliphatic rings. The molecule has 0 aliphatic carbocycles. The molecule has 11 heteroatoms. The molecule has 2 amide bonds. The Kier molecular flexibility index (Phi) is 4.66. The molecular formula is C16H12N4O7. The fourth-order valence-corrected chi connectivity index (χ4v) is 2.52. The number of amides is 2. The summed E-state index contributed by atoms with van der Waals surface area (Å²) in [6.45, 7) is -0.742. The standard InChI is InChI=1S/C16H12N4O7/c21-15(17-10-2-1-3-11(6-10)19(23)24)8-18-13-7-12(20(25)26)4-5-14(13)27-9-16(18)22/h1-7H,8-9H2,(H,17,21). The van der Waals surface area contributed by atoms with Gasteiger partial charge in [-0.25, -0.2) is 0 Å². The number of carbonyl (C=O) groups is 2. The summed E-state index contributed by atoms with van der Waals surface area (Å²) in [5, 5.41) is 24.2. The number of non-ortho nitro benzene ring substituents is 2. The summed E-state index contributed by atoms with van der Waals surface area (Å²) in [6, 6.07) is 9.06. The number of nitro benzene ring substituents is 2. The summed E-state index contributed by atoms with van der Waals surface area (Å²) in [4.78, 5) is 46.0. The van der Waals surface area contributed by atoms with Gasteiger partial charge in [-0.15, -0.1) is 0 Å². The van der Waals surface area contributed by atoms with Gasteiger partial charge in [0.05, 0.1) is 15.5 Å². The van der Waals surface area contributed by atoms with Gasteiger partial charge in [0.25, 0.3) is 17.3 Å². The van der Waals surface area contributed by atoms with E-state index in [4.69, 9.17) is 4.74 Å². The van der Waals surface area contributed by atoms with Crippen LogP contribution in [0.5, 0.6) is 5.75 Å². The third kappa shape index (κ3) is 3.81. The highest BCUT2D eigenvalue weighted by Gasteiger charge is 2.29. The van der Waals surface area contributed by atoms with Crippen LogP contribution in [0.3, 0.4) is 0 Å². The first-order chi connectivity index (χ1) is 12.8. The SMILES string of the molecule is O=C(CN1C(=O)COc2ccc([N+](=O)[O-])cc21)Nc1cccc([N+](=O)[O-])c1. The molecule has 0 bridgehead atoms. The largest absolute Gasteiger partial charge is 0.482 e. The van der Waals surface area contributed by atoms with Gasteiger partial charge in [-0.3, -0.25) is 34.7 Å². The van der Waals surface area contributed by atoms with E-state index < -0.39 is 28.2 Å². The summed E-state index contributed by atoms with van der Waals surface area (Å²) in [6.07, 6.45) is 0. The number of nitrogens with zero attached hydrogens (tertiary/aromatic N) is 3. The number of hydrogen-bond acceptors (Lipinski definition) is 7. The molecule has 0 radical (unpaired) electrons. The molecule has 0 saturated heterocycles. The predicted molar refractivity (Wildman–Crippen MR) is 92.7 cm³/mol. The second kappa shape index (κ2) is 7.07. The summed E-state index contributed by atoms with van der Waals surface area (Å²) >= 11 is 0. The Morgan fingerprint density at radius 2 is 1.81 bits per heavy atom. The van der Waals surface area contributed by atoms with Gasteiger partial charge in [-0.2, -0.15) is 0 Å². The van der Waals surface area contributed by atoms with Crippen LogP contribution in [-0.4, -0.2) is 34.8 Å². The summed E-state index contributed by atoms with van der Waals surface area (Å²) in [7, 11) is 0. The minimum absolute atomic E-state index is 0.106. The van der Waals surface area contributed by atoms with Crippen LogP contribution in [0.25, 0.3) is 0 Å². The van der Waals surface area contributed by atoms with Gasteiger partial charge in [0, 0.05) is 30.0 Å². The Morgan fingerprint density at radius 1 is 1.11 bits per heavy atom. The lowest BCUT2D eigenvalue weighted by Gasteiger charge is -2.28. The molecule has 2 aromatic carbocycles. The highest BCUT2D eigenvalue weighted by molar-refractivity contribution is 6.05. The first-order valence-electron chi connectivity index (χ1n) is 7.61. The van der Waals surface area contributed by atoms with Crippen molar-refractivity contribution >= 4 is 34.6 Å². The Hall–Kier alpha value is -4.02. The molecular weight excluding hydrogens is 360 g/mol. The third-order valence-electron chi connectivity index (χ3n) is 3.74. The first-order valence-corrected chi connectivity index (χ1v) is 7.61. The van der Waals surface area contributed by atoms with E-state index in [1.165, 1.54) is 36.4 Å². The van der Waals surface area contributed by atoms with Crippen molar-refractivity contribution in [3.63, 3.8) is 0 Å². The average Bonchev–Trinajstić information content (AvgIpc) is 2.63. The van der Waals surface area contributed by atoms with Crippen LogP contribution in [0, 0.1) is 20.2 Å². The van der Waals surface area contributed by atoms with Crippen LogP contribution in [0.15, 0.2) is 42.5 Å². The summed E-state index contributed by atoms with van der Waals surface area (Å²) in [5.41, 5.74) is -0.156. The van der Waals surface area contributed by atoms with Crippen LogP contribution in [0.2, 0.25) is 0 Å². The summed E-state index contributed by atoms with van der Waals surface area (Å²) < 4.78 is 5.22. The van der Waals surface area contributed by atoms with E-state index in [9.17, 15) is 29.8 Å². The molecule has 27 heavy (non-hydrogen) atoms. The molecule has 0 aromatic heterocycles. The lowest BCUT2D eigenvalue weighted by molar-refractivity contribution is -0.385. The Bertz CT molecular complexity index is 960. The van der Waals surface area contributed by atoms with E-state index in [-0.39, 0.29) is 35.1 Å². The number of ether oxygens (including phenoxy) is 1. The van der Waals surface area contributed by atoms with E-state index in [1.807, 2.05) is 0 Å². The molecule has 0 spiro atoms. The molecule has 2 aromatic rings. The average molecular weight is 372 g/mol. The lowest BCUT2D eigenvalue weighted by Crippen LogP contribution is -2.43. The van der Waals surface area contributed by atoms with Crippen molar-refractivity contribution < 1.29 is 24.2 Å². The van der Waals surface area contributed by atoms with Crippen molar-refractivity contribution in [1.29, 1.82) is 0 Å². The van der Waals surface area contributed by atoms with Gasteiger partial charge >= 0.3 is 0 Å². The smallest absolute Gasteiger partial charge is 0.271 e. The Morgan fingerprint density at radius 3 is 2.52 bits per heavy atom. The maximum absolute atomic E-state index is 12.3. The van der Waals surface area contributed by atoms with Gasteiger partial charge in [-0.1, -0.05) is 6.07 Å². The van der Waals surface area contributed by atoms with Gasteiger partial charge < -0.3 is 10.1 Å². The fraction of sp³-hybridized carbons (Fsp3) is 0.125. The fourth-order valence-electron chi connectivity index (χ4n) is 2.52. The molecule has 11 nitrogen and oxygen atoms in total. The topological polar surface area (TPSA) is 145 Å². The molecule has 3 rings (SSSR count). The maximum Gasteiger partial charge on any atom is 0.271 e. The monoisotopic (exact) mass is 372 g/mol. The number of rotatable bonds is 5. The minimum Gasteiger partial charge on any atom is -0.482 e. The molecule has 0 fully saturated rings. The van der Waals surface area contributed by atoms with Crippen LogP contribution in [-0.2, 0) is 9.59 Å². The normalized spacial score (nSPS) is 12.7. The van der Waals surface area contributed by atoms with Gasteiger partial charge in [0.2, 0.25) is 5.91 Å². The molecule has 1 N–H and O–H groups in total. The van der Waals surface area contributed by atoms with Gasteiger partial charge in [0.1, 0.15) is 12.3 Å². The van der Waals surface area contributed by atoms with Crippen LogP contribution in [0.4, 0.5) is 22.7 Å². The van der Waals surface area contributed by atoms with E-state index in [2.05, 4.69) is 5.32 Å². The van der Waals surface area contributed by atoms with Crippen molar-refractivity contribution in [2.45, 2.75) is 0 Å². The first kappa shape index (κ1) is 17.8. The molecule has 1 heterocycles. The minimum atomic E-state index is -0.624.